The van der Waals surface area contributed by atoms with E-state index in [9.17, 15) is 0 Å². The van der Waals surface area contributed by atoms with E-state index >= 15 is 0 Å². The van der Waals surface area contributed by atoms with Crippen molar-refractivity contribution in [3.63, 3.8) is 0 Å². The Bertz CT molecular complexity index is 378. The summed E-state index contributed by atoms with van der Waals surface area (Å²) < 4.78 is 6.65. The zero-order valence-electron chi connectivity index (χ0n) is 11.0. The molecule has 1 aliphatic carbocycles. The molecule has 1 heterocycles. The number of rotatable bonds is 5. The zero-order valence-corrected chi connectivity index (χ0v) is 12.6. The number of nitrogens with zero attached hydrogens (tertiary/aromatic N) is 2. The van der Waals surface area contributed by atoms with Gasteiger partial charge < -0.3 is 4.74 Å². The van der Waals surface area contributed by atoms with E-state index in [2.05, 4.69) is 32.8 Å². The lowest BCUT2D eigenvalue weighted by Crippen LogP contribution is -2.16. The summed E-state index contributed by atoms with van der Waals surface area (Å²) in [5.74, 6) is 2.29. The third kappa shape index (κ3) is 4.23. The smallest absolute Gasteiger partial charge is 0.217 e. The molecule has 3 nitrogen and oxygen atoms in total. The summed E-state index contributed by atoms with van der Waals surface area (Å²) in [7, 11) is 0. The summed E-state index contributed by atoms with van der Waals surface area (Å²) in [6.45, 7) is 2.93. The fourth-order valence-electron chi connectivity index (χ4n) is 2.41. The number of ether oxygens (including phenoxy) is 1. The van der Waals surface area contributed by atoms with Crippen LogP contribution in [0.1, 0.15) is 51.3 Å². The van der Waals surface area contributed by atoms with E-state index in [0.717, 1.165) is 29.9 Å². The number of hydrogen-bond acceptors (Lipinski definition) is 3. The lowest BCUT2D eigenvalue weighted by molar-refractivity contribution is 0.202. The first kappa shape index (κ1) is 13.8. The topological polar surface area (TPSA) is 35.0 Å². The average molecular weight is 313 g/mol. The van der Waals surface area contributed by atoms with E-state index in [-0.39, 0.29) is 0 Å². The SMILES string of the molecule is CCCc1nc(Br)cc(OCC2CCCCC2)n1. The molecule has 0 saturated heterocycles. The first-order valence-electron chi connectivity index (χ1n) is 6.94. The fourth-order valence-corrected chi connectivity index (χ4v) is 2.81. The van der Waals surface area contributed by atoms with Crippen LogP contribution in [0.4, 0.5) is 0 Å². The van der Waals surface area contributed by atoms with Crippen molar-refractivity contribution in [1.29, 1.82) is 0 Å². The van der Waals surface area contributed by atoms with Crippen LogP contribution in [0.2, 0.25) is 0 Å². The minimum Gasteiger partial charge on any atom is -0.477 e. The van der Waals surface area contributed by atoms with Gasteiger partial charge >= 0.3 is 0 Å². The largest absolute Gasteiger partial charge is 0.477 e. The molecule has 0 aromatic carbocycles. The summed E-state index contributed by atoms with van der Waals surface area (Å²) in [6, 6.07) is 1.86. The summed E-state index contributed by atoms with van der Waals surface area (Å²) >= 11 is 3.42. The Hall–Kier alpha value is -0.640. The molecule has 4 heteroatoms. The van der Waals surface area contributed by atoms with Crippen LogP contribution in [0.15, 0.2) is 10.7 Å². The van der Waals surface area contributed by atoms with Gasteiger partial charge in [-0.3, -0.25) is 0 Å². The van der Waals surface area contributed by atoms with Crippen LogP contribution in [0.5, 0.6) is 5.88 Å². The quantitative estimate of drug-likeness (QED) is 0.766. The standard InChI is InChI=1S/C14H21BrN2O/c1-2-6-13-16-12(15)9-14(17-13)18-10-11-7-4-3-5-8-11/h9,11H,2-8,10H2,1H3. The first-order valence-corrected chi connectivity index (χ1v) is 7.73. The second-order valence-electron chi connectivity index (χ2n) is 5.01. The van der Waals surface area contributed by atoms with Crippen LogP contribution >= 0.6 is 15.9 Å². The van der Waals surface area contributed by atoms with E-state index in [4.69, 9.17) is 4.74 Å². The lowest BCUT2D eigenvalue weighted by atomic mass is 9.90. The number of aryl methyl sites for hydroxylation is 1. The van der Waals surface area contributed by atoms with Gasteiger partial charge in [0.25, 0.3) is 0 Å². The van der Waals surface area contributed by atoms with E-state index in [1.165, 1.54) is 32.1 Å². The van der Waals surface area contributed by atoms with Crippen LogP contribution in [0.3, 0.4) is 0 Å². The molecule has 1 fully saturated rings. The maximum atomic E-state index is 5.83. The highest BCUT2D eigenvalue weighted by atomic mass is 79.9. The second kappa shape index (κ2) is 7.07. The third-order valence-electron chi connectivity index (χ3n) is 3.38. The van der Waals surface area contributed by atoms with Gasteiger partial charge in [0, 0.05) is 12.5 Å². The van der Waals surface area contributed by atoms with Crippen LogP contribution in [-0.4, -0.2) is 16.6 Å². The normalized spacial score (nSPS) is 16.8. The Morgan fingerprint density at radius 3 is 2.78 bits per heavy atom. The van der Waals surface area contributed by atoms with Gasteiger partial charge in [0.05, 0.1) is 6.61 Å². The van der Waals surface area contributed by atoms with Gasteiger partial charge in [-0.15, -0.1) is 0 Å². The van der Waals surface area contributed by atoms with Crippen molar-refractivity contribution in [2.75, 3.05) is 6.61 Å². The number of hydrogen-bond donors (Lipinski definition) is 0. The van der Waals surface area contributed by atoms with Crippen LogP contribution < -0.4 is 4.74 Å². The monoisotopic (exact) mass is 312 g/mol. The van der Waals surface area contributed by atoms with Crippen molar-refractivity contribution in [3.05, 3.63) is 16.5 Å². The molecular weight excluding hydrogens is 292 g/mol. The predicted molar refractivity (Wildman–Crippen MR) is 75.8 cm³/mol. The molecule has 2 rings (SSSR count). The summed E-state index contributed by atoms with van der Waals surface area (Å²) in [6.07, 6.45) is 8.64. The average Bonchev–Trinajstić information content (AvgIpc) is 2.37. The maximum Gasteiger partial charge on any atom is 0.217 e. The van der Waals surface area contributed by atoms with Gasteiger partial charge in [0.15, 0.2) is 0 Å². The van der Waals surface area contributed by atoms with Crippen molar-refractivity contribution in [1.82, 2.24) is 9.97 Å². The van der Waals surface area contributed by atoms with E-state index in [0.29, 0.717) is 11.8 Å². The molecule has 0 atom stereocenters. The summed E-state index contributed by atoms with van der Waals surface area (Å²) in [5.41, 5.74) is 0. The Morgan fingerprint density at radius 1 is 1.28 bits per heavy atom. The minimum atomic E-state index is 0.710. The molecule has 0 amide bonds. The van der Waals surface area contributed by atoms with Crippen molar-refractivity contribution in [2.24, 2.45) is 5.92 Å². The highest BCUT2D eigenvalue weighted by Crippen LogP contribution is 2.24. The van der Waals surface area contributed by atoms with Crippen molar-refractivity contribution < 1.29 is 4.74 Å². The van der Waals surface area contributed by atoms with Gasteiger partial charge in [-0.05, 0) is 41.1 Å². The van der Waals surface area contributed by atoms with Gasteiger partial charge in [-0.2, -0.15) is 4.98 Å². The van der Waals surface area contributed by atoms with Crippen molar-refractivity contribution >= 4 is 15.9 Å². The van der Waals surface area contributed by atoms with Crippen LogP contribution in [0.25, 0.3) is 0 Å². The van der Waals surface area contributed by atoms with E-state index in [1.807, 2.05) is 6.07 Å². The van der Waals surface area contributed by atoms with Gasteiger partial charge in [0.1, 0.15) is 10.4 Å². The molecule has 0 spiro atoms. The summed E-state index contributed by atoms with van der Waals surface area (Å²) in [5, 5.41) is 0. The Kier molecular flexibility index (Phi) is 5.42. The van der Waals surface area contributed by atoms with Gasteiger partial charge in [-0.25, -0.2) is 4.98 Å². The second-order valence-corrected chi connectivity index (χ2v) is 5.82. The molecule has 0 N–H and O–H groups in total. The minimum absolute atomic E-state index is 0.710. The third-order valence-corrected chi connectivity index (χ3v) is 3.79. The van der Waals surface area contributed by atoms with Crippen molar-refractivity contribution in [2.45, 2.75) is 51.9 Å². The zero-order chi connectivity index (χ0) is 12.8. The lowest BCUT2D eigenvalue weighted by Gasteiger charge is -2.21. The van der Waals surface area contributed by atoms with Gasteiger partial charge in [-0.1, -0.05) is 26.2 Å². The van der Waals surface area contributed by atoms with E-state index in [1.54, 1.807) is 0 Å². The van der Waals surface area contributed by atoms with Crippen LogP contribution in [0, 0.1) is 5.92 Å². The molecule has 0 unspecified atom stereocenters. The highest BCUT2D eigenvalue weighted by molar-refractivity contribution is 9.10. The molecule has 1 aromatic heterocycles. The Labute approximate surface area is 117 Å². The number of aromatic nitrogens is 2. The molecule has 18 heavy (non-hydrogen) atoms. The molecule has 100 valence electrons. The highest BCUT2D eigenvalue weighted by Gasteiger charge is 2.14. The fraction of sp³-hybridized carbons (Fsp3) is 0.714. The molecule has 0 radical (unpaired) electrons. The molecule has 1 aliphatic rings. The molecule has 0 bridgehead atoms. The Morgan fingerprint density at radius 2 is 2.06 bits per heavy atom. The molecule has 1 aromatic rings. The first-order chi connectivity index (χ1) is 8.78. The molecular formula is C14H21BrN2O. The predicted octanol–water partition coefficient (Wildman–Crippen LogP) is 4.15. The Balaban J connectivity index is 1.91. The van der Waals surface area contributed by atoms with Crippen LogP contribution in [-0.2, 0) is 6.42 Å². The molecule has 1 saturated carbocycles. The summed E-state index contributed by atoms with van der Waals surface area (Å²) in [4.78, 5) is 8.79. The van der Waals surface area contributed by atoms with Crippen molar-refractivity contribution in [3.8, 4) is 5.88 Å². The number of halogens is 1. The van der Waals surface area contributed by atoms with Gasteiger partial charge in [0.2, 0.25) is 5.88 Å². The van der Waals surface area contributed by atoms with E-state index < -0.39 is 0 Å². The molecule has 0 aliphatic heterocycles. The maximum absolute atomic E-state index is 5.83.